The number of aromatic nitrogens is 1. The molecule has 0 N–H and O–H groups in total. The molecule has 0 aliphatic carbocycles. The lowest BCUT2D eigenvalue weighted by molar-refractivity contribution is 0.623. The highest BCUT2D eigenvalue weighted by Gasteiger charge is 2.17. The van der Waals surface area contributed by atoms with Gasteiger partial charge in [-0.25, -0.2) is 4.98 Å². The SMILES string of the molecule is c1ccc(-c2nc3ccc4ccc5ccc(N(c6ccccc6)c6cccc(-c7ccc8ccccc8c7)c6)cc5c4c3o2)cc1. The molecule has 0 saturated heterocycles. The standard InChI is InChI=1S/C43H28N2O/c1-3-11-32(12-4-1)43-44-40-25-23-31-20-19-30-22-24-38(28-39(30)41(31)42(40)46-43)45(36-15-5-2-6-16-36)37-17-9-14-34(27-37)35-21-18-29-10-7-8-13-33(29)26-35/h1-28H. The highest BCUT2D eigenvalue weighted by Crippen LogP contribution is 2.41. The summed E-state index contributed by atoms with van der Waals surface area (Å²) in [5.74, 6) is 0.632. The zero-order valence-electron chi connectivity index (χ0n) is 25.0. The van der Waals surface area contributed by atoms with Gasteiger partial charge in [-0.1, -0.05) is 109 Å². The first kappa shape index (κ1) is 26.2. The highest BCUT2D eigenvalue weighted by atomic mass is 16.3. The van der Waals surface area contributed by atoms with Crippen molar-refractivity contribution in [2.24, 2.45) is 0 Å². The molecule has 216 valence electrons. The topological polar surface area (TPSA) is 29.3 Å². The summed E-state index contributed by atoms with van der Waals surface area (Å²) in [5, 5.41) is 6.96. The molecule has 9 rings (SSSR count). The average molecular weight is 589 g/mol. The van der Waals surface area contributed by atoms with E-state index < -0.39 is 0 Å². The van der Waals surface area contributed by atoms with Gasteiger partial charge in [0.05, 0.1) is 0 Å². The molecule has 0 fully saturated rings. The van der Waals surface area contributed by atoms with E-state index in [1.807, 2.05) is 30.3 Å². The van der Waals surface area contributed by atoms with E-state index in [9.17, 15) is 0 Å². The van der Waals surface area contributed by atoms with Gasteiger partial charge in [-0.05, 0) is 98.7 Å². The number of rotatable bonds is 5. The van der Waals surface area contributed by atoms with Crippen molar-refractivity contribution >= 4 is 60.5 Å². The third kappa shape index (κ3) is 4.49. The molecule has 0 radical (unpaired) electrons. The van der Waals surface area contributed by atoms with Crippen LogP contribution in [0.2, 0.25) is 0 Å². The number of para-hydroxylation sites is 1. The van der Waals surface area contributed by atoms with Gasteiger partial charge in [0.25, 0.3) is 0 Å². The fourth-order valence-electron chi connectivity index (χ4n) is 6.57. The molecule has 0 unspecified atom stereocenters. The number of hydrogen-bond acceptors (Lipinski definition) is 3. The van der Waals surface area contributed by atoms with Gasteiger partial charge in [-0.15, -0.1) is 0 Å². The Morgan fingerprint density at radius 2 is 1.04 bits per heavy atom. The minimum absolute atomic E-state index is 0.632. The van der Waals surface area contributed by atoms with E-state index >= 15 is 0 Å². The van der Waals surface area contributed by atoms with E-state index in [4.69, 9.17) is 9.40 Å². The smallest absolute Gasteiger partial charge is 0.227 e. The minimum atomic E-state index is 0.632. The minimum Gasteiger partial charge on any atom is -0.435 e. The van der Waals surface area contributed by atoms with Crippen molar-refractivity contribution in [3.63, 3.8) is 0 Å². The number of oxazole rings is 1. The van der Waals surface area contributed by atoms with Crippen LogP contribution in [0.5, 0.6) is 0 Å². The highest BCUT2D eigenvalue weighted by molar-refractivity contribution is 6.18. The summed E-state index contributed by atoms with van der Waals surface area (Å²) in [4.78, 5) is 7.21. The molecule has 1 aromatic heterocycles. The van der Waals surface area contributed by atoms with Crippen LogP contribution in [0.3, 0.4) is 0 Å². The lowest BCUT2D eigenvalue weighted by Gasteiger charge is -2.26. The Kier molecular flexibility index (Phi) is 6.14. The first-order valence-electron chi connectivity index (χ1n) is 15.5. The quantitative estimate of drug-likeness (QED) is 0.187. The third-order valence-electron chi connectivity index (χ3n) is 8.82. The van der Waals surface area contributed by atoms with Crippen molar-refractivity contribution in [2.75, 3.05) is 4.90 Å². The second kappa shape index (κ2) is 10.8. The molecule has 0 spiro atoms. The monoisotopic (exact) mass is 588 g/mol. The second-order valence-corrected chi connectivity index (χ2v) is 11.7. The molecule has 1 heterocycles. The van der Waals surface area contributed by atoms with Crippen molar-refractivity contribution in [2.45, 2.75) is 0 Å². The Bertz CT molecular complexity index is 2530. The Labute approximate surface area is 266 Å². The molecule has 8 aromatic carbocycles. The van der Waals surface area contributed by atoms with Gasteiger partial charge in [-0.3, -0.25) is 0 Å². The first-order valence-corrected chi connectivity index (χ1v) is 15.5. The Morgan fingerprint density at radius 1 is 0.413 bits per heavy atom. The normalized spacial score (nSPS) is 11.5. The van der Waals surface area contributed by atoms with E-state index in [1.165, 1.54) is 21.9 Å². The van der Waals surface area contributed by atoms with Crippen molar-refractivity contribution in [1.29, 1.82) is 0 Å². The lowest BCUT2D eigenvalue weighted by Crippen LogP contribution is -2.09. The maximum Gasteiger partial charge on any atom is 0.227 e. The average Bonchev–Trinajstić information content (AvgIpc) is 3.57. The van der Waals surface area contributed by atoms with Crippen LogP contribution in [0.15, 0.2) is 174 Å². The molecule has 3 heteroatoms. The van der Waals surface area contributed by atoms with Gasteiger partial charge in [0.1, 0.15) is 5.52 Å². The molecule has 0 aliphatic rings. The summed E-state index contributed by atoms with van der Waals surface area (Å²) in [6.45, 7) is 0. The molecule has 0 bridgehead atoms. The van der Waals surface area contributed by atoms with Gasteiger partial charge in [-0.2, -0.15) is 0 Å². The Balaban J connectivity index is 1.23. The van der Waals surface area contributed by atoms with Gasteiger partial charge < -0.3 is 9.32 Å². The summed E-state index contributed by atoms with van der Waals surface area (Å²) in [5.41, 5.74) is 8.25. The molecular formula is C43H28N2O. The van der Waals surface area contributed by atoms with Crippen LogP contribution in [-0.2, 0) is 0 Å². The maximum atomic E-state index is 6.52. The fraction of sp³-hybridized carbons (Fsp3) is 0. The zero-order valence-corrected chi connectivity index (χ0v) is 25.0. The third-order valence-corrected chi connectivity index (χ3v) is 8.82. The van der Waals surface area contributed by atoms with Crippen LogP contribution in [0.1, 0.15) is 0 Å². The summed E-state index contributed by atoms with van der Waals surface area (Å²) < 4.78 is 6.52. The molecule has 0 aliphatic heterocycles. The van der Waals surface area contributed by atoms with Gasteiger partial charge >= 0.3 is 0 Å². The number of nitrogens with zero attached hydrogens (tertiary/aromatic N) is 2. The Hall–Kier alpha value is -6.19. The van der Waals surface area contributed by atoms with Crippen LogP contribution in [0.25, 0.3) is 66.0 Å². The number of fused-ring (bicyclic) bond motifs is 6. The van der Waals surface area contributed by atoms with Crippen molar-refractivity contribution in [1.82, 2.24) is 4.98 Å². The predicted molar refractivity (Wildman–Crippen MR) is 192 cm³/mol. The summed E-state index contributed by atoms with van der Waals surface area (Å²) in [7, 11) is 0. The van der Waals surface area contributed by atoms with Crippen LogP contribution < -0.4 is 4.90 Å². The molecule has 0 amide bonds. The van der Waals surface area contributed by atoms with Crippen molar-refractivity contribution < 1.29 is 4.42 Å². The number of anilines is 3. The summed E-state index contributed by atoms with van der Waals surface area (Å²) in [6, 6.07) is 59.9. The zero-order chi connectivity index (χ0) is 30.5. The molecule has 0 saturated carbocycles. The van der Waals surface area contributed by atoms with Gasteiger partial charge in [0.15, 0.2) is 5.58 Å². The molecule has 3 nitrogen and oxygen atoms in total. The second-order valence-electron chi connectivity index (χ2n) is 11.7. The largest absolute Gasteiger partial charge is 0.435 e. The van der Waals surface area contributed by atoms with Crippen LogP contribution in [0, 0.1) is 0 Å². The predicted octanol–water partition coefficient (Wildman–Crippen LogP) is 12.1. The first-order chi connectivity index (χ1) is 22.8. The molecule has 9 aromatic rings. The van der Waals surface area contributed by atoms with Crippen molar-refractivity contribution in [3.05, 3.63) is 170 Å². The molecule has 46 heavy (non-hydrogen) atoms. The molecule has 0 atom stereocenters. The molecular weight excluding hydrogens is 560 g/mol. The van der Waals surface area contributed by atoms with Crippen LogP contribution in [-0.4, -0.2) is 4.98 Å². The van der Waals surface area contributed by atoms with Crippen molar-refractivity contribution in [3.8, 4) is 22.6 Å². The fourth-order valence-corrected chi connectivity index (χ4v) is 6.57. The number of benzene rings is 8. The summed E-state index contributed by atoms with van der Waals surface area (Å²) in [6.07, 6.45) is 0. The van der Waals surface area contributed by atoms with Crippen LogP contribution in [0.4, 0.5) is 17.1 Å². The van der Waals surface area contributed by atoms with E-state index in [2.05, 4.69) is 144 Å². The van der Waals surface area contributed by atoms with Gasteiger partial charge in [0.2, 0.25) is 5.89 Å². The van der Waals surface area contributed by atoms with E-state index in [0.717, 1.165) is 55.3 Å². The van der Waals surface area contributed by atoms with E-state index in [0.29, 0.717) is 5.89 Å². The summed E-state index contributed by atoms with van der Waals surface area (Å²) >= 11 is 0. The van der Waals surface area contributed by atoms with E-state index in [1.54, 1.807) is 0 Å². The lowest BCUT2D eigenvalue weighted by atomic mass is 9.99. The van der Waals surface area contributed by atoms with E-state index in [-0.39, 0.29) is 0 Å². The Morgan fingerprint density at radius 3 is 1.91 bits per heavy atom. The number of hydrogen-bond donors (Lipinski definition) is 0. The van der Waals surface area contributed by atoms with Crippen LogP contribution >= 0.6 is 0 Å². The van der Waals surface area contributed by atoms with Gasteiger partial charge in [0, 0.05) is 28.0 Å². The maximum absolute atomic E-state index is 6.52.